The molecule has 0 atom stereocenters. The molecule has 0 spiro atoms. The van der Waals surface area contributed by atoms with Crippen molar-refractivity contribution in [1.29, 1.82) is 0 Å². The number of likely N-dealkylation sites (N-methyl/N-ethyl adjacent to an activating group) is 1. The molecular weight excluding hydrogens is 288 g/mol. The Morgan fingerprint density at radius 3 is 2.48 bits per heavy atom. The summed E-state index contributed by atoms with van der Waals surface area (Å²) in [5.74, 6) is -0.0858. The first kappa shape index (κ1) is 15.6. The minimum atomic E-state index is -0.0858. The molecular formula is C16H19ClN2O2. The Labute approximate surface area is 129 Å². The van der Waals surface area contributed by atoms with Gasteiger partial charge in [0.1, 0.15) is 0 Å². The standard InChI is InChI=1S/C16H19ClN2O2/c1-11-10-15(16(21)18(3)8-9-20)12(2)19(11)14-6-4-13(17)5-7-14/h4-7,10,20H,8-9H2,1-3H3. The quantitative estimate of drug-likeness (QED) is 0.944. The fraction of sp³-hybridized carbons (Fsp3) is 0.312. The third kappa shape index (κ3) is 3.12. The maximum absolute atomic E-state index is 12.4. The minimum absolute atomic E-state index is 0.0435. The highest BCUT2D eigenvalue weighted by Gasteiger charge is 2.19. The number of halogens is 1. The maximum Gasteiger partial charge on any atom is 0.255 e. The van der Waals surface area contributed by atoms with E-state index >= 15 is 0 Å². The topological polar surface area (TPSA) is 45.5 Å². The molecule has 21 heavy (non-hydrogen) atoms. The lowest BCUT2D eigenvalue weighted by Gasteiger charge is -2.16. The smallest absolute Gasteiger partial charge is 0.255 e. The van der Waals surface area contributed by atoms with Crippen LogP contribution in [0, 0.1) is 13.8 Å². The first-order valence-corrected chi connectivity index (χ1v) is 7.14. The molecule has 0 saturated carbocycles. The number of rotatable bonds is 4. The third-order valence-corrected chi connectivity index (χ3v) is 3.78. The van der Waals surface area contributed by atoms with Crippen molar-refractivity contribution >= 4 is 17.5 Å². The van der Waals surface area contributed by atoms with Gasteiger partial charge in [-0.2, -0.15) is 0 Å². The Morgan fingerprint density at radius 2 is 1.90 bits per heavy atom. The molecule has 2 rings (SSSR count). The minimum Gasteiger partial charge on any atom is -0.395 e. The third-order valence-electron chi connectivity index (χ3n) is 3.53. The molecule has 4 nitrogen and oxygen atoms in total. The van der Waals surface area contributed by atoms with Crippen LogP contribution in [0.25, 0.3) is 5.69 Å². The predicted octanol–water partition coefficient (Wildman–Crippen LogP) is 2.81. The Morgan fingerprint density at radius 1 is 1.29 bits per heavy atom. The van der Waals surface area contributed by atoms with Crippen LogP contribution in [-0.4, -0.2) is 40.7 Å². The van der Waals surface area contributed by atoms with E-state index in [1.807, 2.05) is 48.7 Å². The lowest BCUT2D eigenvalue weighted by molar-refractivity contribution is 0.0766. The number of aliphatic hydroxyl groups excluding tert-OH is 1. The van der Waals surface area contributed by atoms with Gasteiger partial charge >= 0.3 is 0 Å². The summed E-state index contributed by atoms with van der Waals surface area (Å²) in [5.41, 5.74) is 3.48. The molecule has 112 valence electrons. The van der Waals surface area contributed by atoms with Crippen LogP contribution in [0.2, 0.25) is 5.02 Å². The lowest BCUT2D eigenvalue weighted by atomic mass is 10.2. The Kier molecular flexibility index (Phi) is 4.70. The van der Waals surface area contributed by atoms with E-state index in [2.05, 4.69) is 0 Å². The van der Waals surface area contributed by atoms with E-state index < -0.39 is 0 Å². The molecule has 0 bridgehead atoms. The van der Waals surface area contributed by atoms with Crippen LogP contribution < -0.4 is 0 Å². The van der Waals surface area contributed by atoms with E-state index in [9.17, 15) is 4.79 Å². The predicted molar refractivity (Wildman–Crippen MR) is 84.3 cm³/mol. The average Bonchev–Trinajstić information content (AvgIpc) is 2.75. The second-order valence-electron chi connectivity index (χ2n) is 5.05. The van der Waals surface area contributed by atoms with E-state index in [4.69, 9.17) is 16.7 Å². The molecule has 5 heteroatoms. The molecule has 1 aromatic heterocycles. The van der Waals surface area contributed by atoms with Gasteiger partial charge < -0.3 is 14.6 Å². The number of aliphatic hydroxyl groups is 1. The van der Waals surface area contributed by atoms with E-state index in [1.165, 1.54) is 4.90 Å². The Balaban J connectivity index is 2.42. The fourth-order valence-corrected chi connectivity index (χ4v) is 2.55. The summed E-state index contributed by atoms with van der Waals surface area (Å²) in [6.45, 7) is 4.16. The molecule has 0 aliphatic carbocycles. The number of amides is 1. The van der Waals surface area contributed by atoms with Crippen LogP contribution in [0.3, 0.4) is 0 Å². The first-order chi connectivity index (χ1) is 9.95. The summed E-state index contributed by atoms with van der Waals surface area (Å²) >= 11 is 5.92. The number of aromatic nitrogens is 1. The van der Waals surface area contributed by atoms with E-state index in [-0.39, 0.29) is 12.5 Å². The van der Waals surface area contributed by atoms with Gasteiger partial charge in [-0.25, -0.2) is 0 Å². The molecule has 0 aliphatic rings. The number of benzene rings is 1. The second kappa shape index (κ2) is 6.33. The van der Waals surface area contributed by atoms with Crippen molar-refractivity contribution in [2.75, 3.05) is 20.2 Å². The van der Waals surface area contributed by atoms with Crippen LogP contribution in [0.4, 0.5) is 0 Å². The summed E-state index contributed by atoms with van der Waals surface area (Å²) < 4.78 is 2.02. The molecule has 0 aliphatic heterocycles. The fourth-order valence-electron chi connectivity index (χ4n) is 2.42. The SMILES string of the molecule is Cc1cc(C(=O)N(C)CCO)c(C)n1-c1ccc(Cl)cc1. The van der Waals surface area contributed by atoms with Gasteiger partial charge in [0.2, 0.25) is 0 Å². The van der Waals surface area contributed by atoms with E-state index in [0.29, 0.717) is 17.1 Å². The van der Waals surface area contributed by atoms with Crippen molar-refractivity contribution in [3.8, 4) is 5.69 Å². The highest BCUT2D eigenvalue weighted by atomic mass is 35.5. The zero-order valence-electron chi connectivity index (χ0n) is 12.4. The van der Waals surface area contributed by atoms with Crippen molar-refractivity contribution in [2.24, 2.45) is 0 Å². The van der Waals surface area contributed by atoms with Gasteiger partial charge in [0.05, 0.1) is 12.2 Å². The maximum atomic E-state index is 12.4. The van der Waals surface area contributed by atoms with Gasteiger partial charge in [0, 0.05) is 35.7 Å². The lowest BCUT2D eigenvalue weighted by Crippen LogP contribution is -2.29. The molecule has 1 aromatic carbocycles. The van der Waals surface area contributed by atoms with Gasteiger partial charge in [0.25, 0.3) is 5.91 Å². The number of carbonyl (C=O) groups is 1. The van der Waals surface area contributed by atoms with E-state index in [1.54, 1.807) is 7.05 Å². The van der Waals surface area contributed by atoms with Crippen LogP contribution in [0.1, 0.15) is 21.7 Å². The number of carbonyl (C=O) groups excluding carboxylic acids is 1. The van der Waals surface area contributed by atoms with Crippen LogP contribution in [0.15, 0.2) is 30.3 Å². The zero-order chi connectivity index (χ0) is 15.6. The van der Waals surface area contributed by atoms with Gasteiger partial charge in [-0.05, 0) is 44.2 Å². The van der Waals surface area contributed by atoms with Crippen molar-refractivity contribution in [2.45, 2.75) is 13.8 Å². The van der Waals surface area contributed by atoms with Crippen molar-refractivity contribution < 1.29 is 9.90 Å². The van der Waals surface area contributed by atoms with Gasteiger partial charge in [-0.15, -0.1) is 0 Å². The summed E-state index contributed by atoms with van der Waals surface area (Å²) in [5, 5.41) is 9.63. The second-order valence-corrected chi connectivity index (χ2v) is 5.48. The van der Waals surface area contributed by atoms with Gasteiger partial charge in [0.15, 0.2) is 0 Å². The van der Waals surface area contributed by atoms with Crippen LogP contribution in [-0.2, 0) is 0 Å². The molecule has 1 heterocycles. The Hall–Kier alpha value is -1.78. The summed E-state index contributed by atoms with van der Waals surface area (Å²) in [6.07, 6.45) is 0. The molecule has 0 radical (unpaired) electrons. The van der Waals surface area contributed by atoms with E-state index in [0.717, 1.165) is 17.1 Å². The molecule has 1 N–H and O–H groups in total. The monoisotopic (exact) mass is 306 g/mol. The Bertz CT molecular complexity index is 647. The summed E-state index contributed by atoms with van der Waals surface area (Å²) in [7, 11) is 1.69. The van der Waals surface area contributed by atoms with Crippen LogP contribution in [0.5, 0.6) is 0 Å². The number of nitrogens with zero attached hydrogens (tertiary/aromatic N) is 2. The molecule has 0 fully saturated rings. The number of hydrogen-bond acceptors (Lipinski definition) is 2. The normalized spacial score (nSPS) is 10.7. The van der Waals surface area contributed by atoms with Gasteiger partial charge in [-0.1, -0.05) is 11.6 Å². The van der Waals surface area contributed by atoms with Gasteiger partial charge in [-0.3, -0.25) is 4.79 Å². The average molecular weight is 307 g/mol. The number of aryl methyl sites for hydroxylation is 1. The highest BCUT2D eigenvalue weighted by molar-refractivity contribution is 6.30. The molecule has 0 unspecified atom stereocenters. The van der Waals surface area contributed by atoms with Crippen LogP contribution >= 0.6 is 11.6 Å². The zero-order valence-corrected chi connectivity index (χ0v) is 13.2. The first-order valence-electron chi connectivity index (χ1n) is 6.77. The van der Waals surface area contributed by atoms with Crippen molar-refractivity contribution in [3.63, 3.8) is 0 Å². The molecule has 2 aromatic rings. The summed E-state index contributed by atoms with van der Waals surface area (Å²) in [6, 6.07) is 9.38. The van der Waals surface area contributed by atoms with Crippen molar-refractivity contribution in [1.82, 2.24) is 9.47 Å². The van der Waals surface area contributed by atoms with Crippen molar-refractivity contribution in [3.05, 3.63) is 52.3 Å². The highest BCUT2D eigenvalue weighted by Crippen LogP contribution is 2.23. The number of hydrogen-bond donors (Lipinski definition) is 1. The molecule has 0 saturated heterocycles. The summed E-state index contributed by atoms with van der Waals surface area (Å²) in [4.78, 5) is 13.9. The molecule has 1 amide bonds. The largest absolute Gasteiger partial charge is 0.395 e.